The monoisotopic (exact) mass is 368 g/mol. The van der Waals surface area contributed by atoms with Crippen molar-refractivity contribution in [2.24, 2.45) is 0 Å². The number of methoxy groups -OCH3 is 1. The molecule has 2 aromatic carbocycles. The molecular weight excluding hydrogens is 352 g/mol. The van der Waals surface area contributed by atoms with E-state index in [4.69, 9.17) is 16.3 Å². The molecule has 3 rings (SSSR count). The number of ether oxygens (including phenoxy) is 1. The summed E-state index contributed by atoms with van der Waals surface area (Å²) >= 11 is 6.00. The maximum atomic E-state index is 12.6. The summed E-state index contributed by atoms with van der Waals surface area (Å²) in [6, 6.07) is 16.2. The van der Waals surface area contributed by atoms with E-state index in [1.54, 1.807) is 31.2 Å². The maximum Gasteiger partial charge on any atom is 0.274 e. The van der Waals surface area contributed by atoms with Gasteiger partial charge in [-0.15, -0.1) is 0 Å². The fourth-order valence-corrected chi connectivity index (χ4v) is 2.55. The Hall–Kier alpha value is -3.12. The molecule has 0 atom stereocenters. The lowest BCUT2D eigenvalue weighted by molar-refractivity contribution is 0.102. The van der Waals surface area contributed by atoms with E-state index >= 15 is 0 Å². The van der Waals surface area contributed by atoms with Crippen molar-refractivity contribution < 1.29 is 9.53 Å². The summed E-state index contributed by atoms with van der Waals surface area (Å²) < 4.78 is 5.25. The fourth-order valence-electron chi connectivity index (χ4n) is 2.38. The number of aryl methyl sites for hydroxylation is 1. The third-order valence-corrected chi connectivity index (χ3v) is 3.76. The van der Waals surface area contributed by atoms with E-state index < -0.39 is 0 Å². The fraction of sp³-hybridized carbons (Fsp3) is 0.105. The van der Waals surface area contributed by atoms with Gasteiger partial charge in [0.2, 0.25) is 0 Å². The third-order valence-electron chi connectivity index (χ3n) is 3.53. The second-order valence-electron chi connectivity index (χ2n) is 5.48. The van der Waals surface area contributed by atoms with Crippen molar-refractivity contribution in [1.29, 1.82) is 0 Å². The Kier molecular flexibility index (Phi) is 5.34. The number of hydrogen-bond donors (Lipinski definition) is 2. The molecule has 0 aliphatic heterocycles. The van der Waals surface area contributed by atoms with Gasteiger partial charge in [0.15, 0.2) is 0 Å². The molecule has 0 spiro atoms. The lowest BCUT2D eigenvalue weighted by Gasteiger charge is -2.11. The number of benzene rings is 2. The zero-order valence-electron chi connectivity index (χ0n) is 14.3. The predicted molar refractivity (Wildman–Crippen MR) is 102 cm³/mol. The van der Waals surface area contributed by atoms with Gasteiger partial charge in [-0.3, -0.25) is 4.79 Å². The van der Waals surface area contributed by atoms with E-state index in [0.29, 0.717) is 28.1 Å². The number of hydrogen-bond acceptors (Lipinski definition) is 5. The number of amides is 1. The Morgan fingerprint density at radius 1 is 1.08 bits per heavy atom. The quantitative estimate of drug-likeness (QED) is 0.696. The number of halogens is 1. The van der Waals surface area contributed by atoms with Crippen LogP contribution in [0.3, 0.4) is 0 Å². The first-order chi connectivity index (χ1) is 12.5. The van der Waals surface area contributed by atoms with E-state index in [-0.39, 0.29) is 11.6 Å². The number of aromatic nitrogens is 2. The van der Waals surface area contributed by atoms with Crippen LogP contribution in [0.5, 0.6) is 5.75 Å². The number of rotatable bonds is 5. The first-order valence-electron chi connectivity index (χ1n) is 7.88. The molecule has 132 valence electrons. The average molecular weight is 369 g/mol. The zero-order valence-corrected chi connectivity index (χ0v) is 15.0. The van der Waals surface area contributed by atoms with Crippen molar-refractivity contribution in [2.45, 2.75) is 6.92 Å². The van der Waals surface area contributed by atoms with Crippen molar-refractivity contribution in [1.82, 2.24) is 9.97 Å². The Bertz CT molecular complexity index is 932. The first-order valence-corrected chi connectivity index (χ1v) is 8.25. The molecule has 7 heteroatoms. The van der Waals surface area contributed by atoms with E-state index in [2.05, 4.69) is 20.6 Å². The Morgan fingerprint density at radius 3 is 2.58 bits per heavy atom. The van der Waals surface area contributed by atoms with Gasteiger partial charge in [-0.1, -0.05) is 29.8 Å². The van der Waals surface area contributed by atoms with E-state index in [9.17, 15) is 4.79 Å². The number of nitrogens with zero attached hydrogens (tertiary/aromatic N) is 2. The van der Waals surface area contributed by atoms with Crippen LogP contribution in [0.15, 0.2) is 54.6 Å². The first kappa shape index (κ1) is 17.7. The summed E-state index contributed by atoms with van der Waals surface area (Å²) in [5, 5.41) is 6.42. The maximum absolute atomic E-state index is 12.6. The molecule has 0 saturated heterocycles. The van der Waals surface area contributed by atoms with Gasteiger partial charge < -0.3 is 15.4 Å². The van der Waals surface area contributed by atoms with Gasteiger partial charge in [-0.2, -0.15) is 0 Å². The molecule has 6 nitrogen and oxygen atoms in total. The average Bonchev–Trinajstić information content (AvgIpc) is 2.62. The van der Waals surface area contributed by atoms with E-state index in [1.165, 1.54) is 7.11 Å². The molecule has 0 radical (unpaired) electrons. The second kappa shape index (κ2) is 7.84. The summed E-state index contributed by atoms with van der Waals surface area (Å²) in [7, 11) is 1.52. The molecule has 0 fully saturated rings. The molecule has 1 aromatic heterocycles. The van der Waals surface area contributed by atoms with E-state index in [0.717, 1.165) is 5.69 Å². The molecule has 0 saturated carbocycles. The minimum atomic E-state index is -0.382. The standard InChI is InChI=1S/C19H17ClN4O2/c1-12-21-16(11-18(22-12)23-14-6-4-3-5-7-14)19(25)24-15-10-13(20)8-9-17(15)26-2/h3-11H,1-2H3,(H,24,25)(H,21,22,23). The van der Waals surface area contributed by atoms with Crippen LogP contribution >= 0.6 is 11.6 Å². The molecule has 0 bridgehead atoms. The van der Waals surface area contributed by atoms with Crippen LogP contribution in [-0.4, -0.2) is 23.0 Å². The van der Waals surface area contributed by atoms with Crippen molar-refractivity contribution in [3.63, 3.8) is 0 Å². The van der Waals surface area contributed by atoms with Crippen molar-refractivity contribution >= 4 is 34.7 Å². The molecular formula is C19H17ClN4O2. The van der Waals surface area contributed by atoms with Crippen LogP contribution in [0.1, 0.15) is 16.3 Å². The Balaban J connectivity index is 1.85. The topological polar surface area (TPSA) is 76.1 Å². The molecule has 0 unspecified atom stereocenters. The second-order valence-corrected chi connectivity index (χ2v) is 5.91. The van der Waals surface area contributed by atoms with Crippen LogP contribution < -0.4 is 15.4 Å². The molecule has 0 aliphatic rings. The Labute approximate surface area is 156 Å². The smallest absolute Gasteiger partial charge is 0.274 e. The van der Waals surface area contributed by atoms with Crippen LogP contribution in [0.25, 0.3) is 0 Å². The van der Waals surface area contributed by atoms with Gasteiger partial charge in [0.25, 0.3) is 5.91 Å². The van der Waals surface area contributed by atoms with Crippen LogP contribution in [-0.2, 0) is 0 Å². The number of carbonyl (C=O) groups is 1. The summed E-state index contributed by atoms with van der Waals surface area (Å²) in [5.41, 5.74) is 1.57. The van der Waals surface area contributed by atoms with Crippen LogP contribution in [0, 0.1) is 6.92 Å². The SMILES string of the molecule is COc1ccc(Cl)cc1NC(=O)c1cc(Nc2ccccc2)nc(C)n1. The molecule has 3 aromatic rings. The van der Waals surface area contributed by atoms with Gasteiger partial charge in [-0.25, -0.2) is 9.97 Å². The van der Waals surface area contributed by atoms with Gasteiger partial charge in [0, 0.05) is 16.8 Å². The minimum Gasteiger partial charge on any atom is -0.495 e. The van der Waals surface area contributed by atoms with Crippen LogP contribution in [0.2, 0.25) is 5.02 Å². The number of anilines is 3. The normalized spacial score (nSPS) is 10.3. The highest BCUT2D eigenvalue weighted by atomic mass is 35.5. The Morgan fingerprint density at radius 2 is 1.85 bits per heavy atom. The van der Waals surface area contributed by atoms with E-state index in [1.807, 2.05) is 30.3 Å². The summed E-state index contributed by atoms with van der Waals surface area (Å²) in [6.07, 6.45) is 0. The zero-order chi connectivity index (χ0) is 18.5. The summed E-state index contributed by atoms with van der Waals surface area (Å²) in [5.74, 6) is 1.14. The molecule has 26 heavy (non-hydrogen) atoms. The highest BCUT2D eigenvalue weighted by Gasteiger charge is 2.14. The minimum absolute atomic E-state index is 0.234. The van der Waals surface area contributed by atoms with Crippen molar-refractivity contribution in [3.05, 3.63) is 71.1 Å². The van der Waals surface area contributed by atoms with Gasteiger partial charge in [-0.05, 0) is 37.3 Å². The predicted octanol–water partition coefficient (Wildman–Crippen LogP) is 4.44. The molecule has 0 aliphatic carbocycles. The molecule has 1 heterocycles. The molecule has 1 amide bonds. The van der Waals surface area contributed by atoms with Crippen molar-refractivity contribution in [3.8, 4) is 5.75 Å². The number of nitrogens with one attached hydrogen (secondary N) is 2. The van der Waals surface area contributed by atoms with Crippen LogP contribution in [0.4, 0.5) is 17.2 Å². The highest BCUT2D eigenvalue weighted by molar-refractivity contribution is 6.31. The summed E-state index contributed by atoms with van der Waals surface area (Å²) in [6.45, 7) is 1.73. The van der Waals surface area contributed by atoms with Gasteiger partial charge in [0.1, 0.15) is 23.1 Å². The number of para-hydroxylation sites is 1. The van der Waals surface area contributed by atoms with Crippen molar-refractivity contribution in [2.75, 3.05) is 17.7 Å². The third kappa shape index (κ3) is 4.29. The molecule has 2 N–H and O–H groups in total. The lowest BCUT2D eigenvalue weighted by Crippen LogP contribution is -2.16. The highest BCUT2D eigenvalue weighted by Crippen LogP contribution is 2.28. The summed E-state index contributed by atoms with van der Waals surface area (Å²) in [4.78, 5) is 21.2. The lowest BCUT2D eigenvalue weighted by atomic mass is 10.2. The van der Waals surface area contributed by atoms with Gasteiger partial charge >= 0.3 is 0 Å². The largest absolute Gasteiger partial charge is 0.495 e. The van der Waals surface area contributed by atoms with Gasteiger partial charge in [0.05, 0.1) is 12.8 Å². The number of carbonyl (C=O) groups excluding carboxylic acids is 1.